The number of rotatable bonds is 3. The first-order valence-corrected chi connectivity index (χ1v) is 8.39. The molecule has 0 saturated heterocycles. The van der Waals surface area contributed by atoms with Crippen LogP contribution in [-0.4, -0.2) is 6.04 Å². The van der Waals surface area contributed by atoms with Crippen LogP contribution in [0.25, 0.3) is 0 Å². The van der Waals surface area contributed by atoms with Gasteiger partial charge in [0, 0.05) is 12.6 Å². The maximum atomic E-state index is 3.75. The predicted octanol–water partition coefficient (Wildman–Crippen LogP) is 5.21. The van der Waals surface area contributed by atoms with E-state index in [1.54, 1.807) is 11.3 Å². The number of halogens is 1. The standard InChI is InChI=1S/C15H24BrNS/c1-14(2)6-12(7-15(3,4)10-14)17-8-11-5-13(16)18-9-11/h5,9,12,17H,6-8,10H2,1-4H3. The monoisotopic (exact) mass is 329 g/mol. The normalized spacial score (nSPS) is 23.2. The van der Waals surface area contributed by atoms with Crippen molar-refractivity contribution in [2.24, 2.45) is 10.8 Å². The molecule has 1 nitrogen and oxygen atoms in total. The second-order valence-corrected chi connectivity index (χ2v) is 9.54. The minimum atomic E-state index is 0.467. The highest BCUT2D eigenvalue weighted by atomic mass is 79.9. The van der Waals surface area contributed by atoms with Crippen molar-refractivity contribution in [1.82, 2.24) is 5.32 Å². The molecule has 0 bridgehead atoms. The van der Waals surface area contributed by atoms with Gasteiger partial charge in [-0.1, -0.05) is 27.7 Å². The summed E-state index contributed by atoms with van der Waals surface area (Å²) in [5.74, 6) is 0. The topological polar surface area (TPSA) is 12.0 Å². The molecule has 1 aliphatic rings. The lowest BCUT2D eigenvalue weighted by atomic mass is 9.63. The molecule has 0 radical (unpaired) electrons. The lowest BCUT2D eigenvalue weighted by molar-refractivity contribution is 0.0845. The maximum absolute atomic E-state index is 3.75. The fourth-order valence-corrected chi connectivity index (χ4v) is 4.90. The molecule has 1 aliphatic carbocycles. The van der Waals surface area contributed by atoms with Crippen molar-refractivity contribution in [2.45, 2.75) is 59.5 Å². The van der Waals surface area contributed by atoms with Crippen LogP contribution in [0, 0.1) is 10.8 Å². The number of hydrogen-bond donors (Lipinski definition) is 1. The minimum absolute atomic E-state index is 0.467. The molecule has 0 atom stereocenters. The van der Waals surface area contributed by atoms with E-state index in [1.165, 1.54) is 28.6 Å². The quantitative estimate of drug-likeness (QED) is 0.803. The van der Waals surface area contributed by atoms with Crippen LogP contribution in [0.3, 0.4) is 0 Å². The van der Waals surface area contributed by atoms with Crippen molar-refractivity contribution in [3.63, 3.8) is 0 Å². The molecule has 102 valence electrons. The summed E-state index contributed by atoms with van der Waals surface area (Å²) < 4.78 is 1.23. The second kappa shape index (κ2) is 5.26. The molecule has 0 spiro atoms. The Bertz CT molecular complexity index is 392. The Morgan fingerprint density at radius 1 is 1.28 bits per heavy atom. The zero-order chi connectivity index (χ0) is 13.4. The van der Waals surface area contributed by atoms with E-state index in [1.807, 2.05) is 0 Å². The summed E-state index contributed by atoms with van der Waals surface area (Å²) in [7, 11) is 0. The van der Waals surface area contributed by atoms with E-state index in [0.717, 1.165) is 6.54 Å². The van der Waals surface area contributed by atoms with Crippen LogP contribution in [0.1, 0.15) is 52.5 Å². The molecule has 1 saturated carbocycles. The van der Waals surface area contributed by atoms with Gasteiger partial charge in [-0.25, -0.2) is 0 Å². The summed E-state index contributed by atoms with van der Waals surface area (Å²) >= 11 is 5.29. The smallest absolute Gasteiger partial charge is 0.0701 e. The SMILES string of the molecule is CC1(C)CC(NCc2csc(Br)c2)CC(C)(C)C1. The Morgan fingerprint density at radius 2 is 1.89 bits per heavy atom. The van der Waals surface area contributed by atoms with Gasteiger partial charge in [-0.2, -0.15) is 0 Å². The Hall–Kier alpha value is 0.140. The largest absolute Gasteiger partial charge is 0.310 e. The summed E-state index contributed by atoms with van der Waals surface area (Å²) in [5.41, 5.74) is 2.33. The van der Waals surface area contributed by atoms with Crippen molar-refractivity contribution in [3.8, 4) is 0 Å². The number of hydrogen-bond acceptors (Lipinski definition) is 2. The molecule has 1 aromatic rings. The van der Waals surface area contributed by atoms with Gasteiger partial charge in [0.15, 0.2) is 0 Å². The molecule has 1 fully saturated rings. The number of nitrogens with one attached hydrogen (secondary N) is 1. The Balaban J connectivity index is 1.93. The van der Waals surface area contributed by atoms with Crippen LogP contribution in [0.2, 0.25) is 0 Å². The van der Waals surface area contributed by atoms with Gasteiger partial charge in [-0.3, -0.25) is 0 Å². The van der Waals surface area contributed by atoms with Gasteiger partial charge in [0.1, 0.15) is 0 Å². The van der Waals surface area contributed by atoms with E-state index in [9.17, 15) is 0 Å². The van der Waals surface area contributed by atoms with Gasteiger partial charge in [0.25, 0.3) is 0 Å². The van der Waals surface area contributed by atoms with Crippen molar-refractivity contribution in [2.75, 3.05) is 0 Å². The van der Waals surface area contributed by atoms with Crippen LogP contribution in [0.15, 0.2) is 15.2 Å². The van der Waals surface area contributed by atoms with Crippen molar-refractivity contribution in [1.29, 1.82) is 0 Å². The number of thiophene rings is 1. The van der Waals surface area contributed by atoms with E-state index in [4.69, 9.17) is 0 Å². The average molecular weight is 330 g/mol. The van der Waals surface area contributed by atoms with Gasteiger partial charge in [-0.05, 0) is 63.0 Å². The van der Waals surface area contributed by atoms with E-state index in [0.29, 0.717) is 16.9 Å². The van der Waals surface area contributed by atoms with Crippen molar-refractivity contribution in [3.05, 3.63) is 20.8 Å². The zero-order valence-corrected chi connectivity index (χ0v) is 14.2. The third kappa shape index (κ3) is 4.07. The van der Waals surface area contributed by atoms with Crippen LogP contribution in [0.4, 0.5) is 0 Å². The Kier molecular flexibility index (Phi) is 4.25. The fourth-order valence-electron chi connectivity index (χ4n) is 3.69. The molecular formula is C15H24BrNS. The zero-order valence-electron chi connectivity index (χ0n) is 11.8. The average Bonchev–Trinajstić information content (AvgIpc) is 2.56. The van der Waals surface area contributed by atoms with Crippen LogP contribution < -0.4 is 5.32 Å². The lowest BCUT2D eigenvalue weighted by Gasteiger charge is -2.45. The summed E-state index contributed by atoms with van der Waals surface area (Å²) in [4.78, 5) is 0. The summed E-state index contributed by atoms with van der Waals surface area (Å²) in [6, 6.07) is 2.87. The van der Waals surface area contributed by atoms with Gasteiger partial charge in [-0.15, -0.1) is 11.3 Å². The van der Waals surface area contributed by atoms with Crippen molar-refractivity contribution >= 4 is 27.3 Å². The molecule has 3 heteroatoms. The third-order valence-electron chi connectivity index (χ3n) is 3.77. The van der Waals surface area contributed by atoms with Gasteiger partial charge in [0.2, 0.25) is 0 Å². The molecule has 0 aromatic carbocycles. The summed E-state index contributed by atoms with van der Waals surface area (Å²) in [6.45, 7) is 10.6. The van der Waals surface area contributed by atoms with E-state index >= 15 is 0 Å². The van der Waals surface area contributed by atoms with E-state index in [2.05, 4.69) is 60.4 Å². The first kappa shape index (κ1) is 14.5. The molecule has 0 unspecified atom stereocenters. The minimum Gasteiger partial charge on any atom is -0.310 e. The highest BCUT2D eigenvalue weighted by Crippen LogP contribution is 2.45. The molecular weight excluding hydrogens is 306 g/mol. The highest BCUT2D eigenvalue weighted by molar-refractivity contribution is 9.11. The van der Waals surface area contributed by atoms with Crippen LogP contribution in [0.5, 0.6) is 0 Å². The van der Waals surface area contributed by atoms with Gasteiger partial charge >= 0.3 is 0 Å². The Morgan fingerprint density at radius 3 is 2.39 bits per heavy atom. The molecule has 18 heavy (non-hydrogen) atoms. The fraction of sp³-hybridized carbons (Fsp3) is 0.733. The van der Waals surface area contributed by atoms with Crippen LogP contribution >= 0.6 is 27.3 Å². The molecule has 1 aromatic heterocycles. The highest BCUT2D eigenvalue weighted by Gasteiger charge is 2.38. The molecule has 1 heterocycles. The molecule has 0 amide bonds. The first-order chi connectivity index (χ1) is 8.26. The van der Waals surface area contributed by atoms with Crippen molar-refractivity contribution < 1.29 is 0 Å². The maximum Gasteiger partial charge on any atom is 0.0701 e. The second-order valence-electron chi connectivity index (χ2n) is 7.25. The predicted molar refractivity (Wildman–Crippen MR) is 84.1 cm³/mol. The first-order valence-electron chi connectivity index (χ1n) is 6.72. The molecule has 2 rings (SSSR count). The van der Waals surface area contributed by atoms with Gasteiger partial charge < -0.3 is 5.32 Å². The Labute approximate surface area is 123 Å². The summed E-state index contributed by atoms with van der Waals surface area (Å²) in [6.07, 6.45) is 3.92. The third-order valence-corrected chi connectivity index (χ3v) is 5.32. The molecule has 1 N–H and O–H groups in total. The van der Waals surface area contributed by atoms with E-state index < -0.39 is 0 Å². The lowest BCUT2D eigenvalue weighted by Crippen LogP contribution is -2.43. The van der Waals surface area contributed by atoms with E-state index in [-0.39, 0.29) is 0 Å². The summed E-state index contributed by atoms with van der Waals surface area (Å²) in [5, 5.41) is 5.98. The molecule has 0 aliphatic heterocycles. The van der Waals surface area contributed by atoms with Gasteiger partial charge in [0.05, 0.1) is 3.79 Å². The van der Waals surface area contributed by atoms with Crippen LogP contribution in [-0.2, 0) is 6.54 Å².